The molecule has 4 heteroatoms. The summed E-state index contributed by atoms with van der Waals surface area (Å²) in [7, 11) is 0. The van der Waals surface area contributed by atoms with Gasteiger partial charge in [0.2, 0.25) is 0 Å². The molecule has 0 amide bonds. The molecule has 0 aliphatic carbocycles. The largest absolute Gasteiger partial charge is 0.309 e. The monoisotopic (exact) mass is 306 g/mol. The SMILES string of the molecule is CCCNC(C)c1cnc(CSc2ccccc2C)s1. The molecule has 2 aromatic rings. The molecule has 0 bridgehead atoms. The van der Waals surface area contributed by atoms with Crippen LogP contribution in [0.3, 0.4) is 0 Å². The van der Waals surface area contributed by atoms with Crippen molar-refractivity contribution in [2.45, 2.75) is 43.9 Å². The summed E-state index contributed by atoms with van der Waals surface area (Å²) in [5, 5.41) is 4.72. The second-order valence-electron chi connectivity index (χ2n) is 4.89. The van der Waals surface area contributed by atoms with Gasteiger partial charge in [0.15, 0.2) is 0 Å². The van der Waals surface area contributed by atoms with Gasteiger partial charge in [-0.3, -0.25) is 0 Å². The lowest BCUT2D eigenvalue weighted by molar-refractivity contribution is 0.577. The fraction of sp³-hybridized carbons (Fsp3) is 0.438. The van der Waals surface area contributed by atoms with E-state index in [4.69, 9.17) is 0 Å². The van der Waals surface area contributed by atoms with Crippen LogP contribution < -0.4 is 5.32 Å². The smallest absolute Gasteiger partial charge is 0.103 e. The summed E-state index contributed by atoms with van der Waals surface area (Å²) >= 11 is 3.69. The van der Waals surface area contributed by atoms with Crippen LogP contribution >= 0.6 is 23.1 Å². The quantitative estimate of drug-likeness (QED) is 0.743. The molecular formula is C16H22N2S2. The van der Waals surface area contributed by atoms with Crippen LogP contribution in [-0.2, 0) is 5.75 Å². The number of thioether (sulfide) groups is 1. The maximum Gasteiger partial charge on any atom is 0.103 e. The molecule has 108 valence electrons. The van der Waals surface area contributed by atoms with Gasteiger partial charge in [-0.05, 0) is 38.4 Å². The lowest BCUT2D eigenvalue weighted by Gasteiger charge is -2.09. The van der Waals surface area contributed by atoms with E-state index in [-0.39, 0.29) is 0 Å². The summed E-state index contributed by atoms with van der Waals surface area (Å²) in [5.41, 5.74) is 1.34. The topological polar surface area (TPSA) is 24.9 Å². The Morgan fingerprint density at radius 3 is 2.90 bits per heavy atom. The number of thiazole rings is 1. The van der Waals surface area contributed by atoms with Crippen molar-refractivity contribution in [3.63, 3.8) is 0 Å². The van der Waals surface area contributed by atoms with Gasteiger partial charge in [-0.1, -0.05) is 25.1 Å². The number of benzene rings is 1. The third-order valence-electron chi connectivity index (χ3n) is 3.14. The number of hydrogen-bond acceptors (Lipinski definition) is 4. The summed E-state index contributed by atoms with van der Waals surface area (Å²) in [6, 6.07) is 8.93. The van der Waals surface area contributed by atoms with Gasteiger partial charge in [0.05, 0.1) is 5.75 Å². The number of aryl methyl sites for hydroxylation is 1. The average molecular weight is 307 g/mol. The zero-order valence-electron chi connectivity index (χ0n) is 12.3. The van der Waals surface area contributed by atoms with E-state index in [0.717, 1.165) is 12.3 Å². The van der Waals surface area contributed by atoms with E-state index in [1.165, 1.54) is 26.8 Å². The molecule has 1 heterocycles. The minimum absolute atomic E-state index is 0.407. The molecule has 0 saturated heterocycles. The fourth-order valence-electron chi connectivity index (χ4n) is 1.91. The molecular weight excluding hydrogens is 284 g/mol. The van der Waals surface area contributed by atoms with Crippen molar-refractivity contribution in [1.82, 2.24) is 10.3 Å². The summed E-state index contributed by atoms with van der Waals surface area (Å²) in [5.74, 6) is 0.954. The Morgan fingerprint density at radius 2 is 2.15 bits per heavy atom. The van der Waals surface area contributed by atoms with E-state index >= 15 is 0 Å². The summed E-state index contributed by atoms with van der Waals surface area (Å²) < 4.78 is 0. The standard InChI is InChI=1S/C16H22N2S2/c1-4-9-17-13(3)15-10-18-16(20-15)11-19-14-8-6-5-7-12(14)2/h5-8,10,13,17H,4,9,11H2,1-3H3. The molecule has 1 N–H and O–H groups in total. The van der Waals surface area contributed by atoms with Crippen LogP contribution in [0.15, 0.2) is 35.4 Å². The van der Waals surface area contributed by atoms with Gasteiger partial charge in [0, 0.05) is 22.0 Å². The molecule has 0 aliphatic rings. The first-order chi connectivity index (χ1) is 9.70. The molecule has 0 radical (unpaired) electrons. The molecule has 2 nitrogen and oxygen atoms in total. The maximum atomic E-state index is 4.55. The summed E-state index contributed by atoms with van der Waals surface area (Å²) in [6.07, 6.45) is 3.19. The number of rotatable bonds is 7. The molecule has 0 aliphatic heterocycles. The highest BCUT2D eigenvalue weighted by Gasteiger charge is 2.09. The normalized spacial score (nSPS) is 12.6. The Kier molecular flexibility index (Phi) is 6.07. The van der Waals surface area contributed by atoms with Gasteiger partial charge < -0.3 is 5.32 Å². The van der Waals surface area contributed by atoms with Crippen molar-refractivity contribution < 1.29 is 0 Å². The second kappa shape index (κ2) is 7.81. The molecule has 0 saturated carbocycles. The zero-order valence-corrected chi connectivity index (χ0v) is 14.0. The van der Waals surface area contributed by atoms with Gasteiger partial charge in [-0.15, -0.1) is 23.1 Å². The van der Waals surface area contributed by atoms with Gasteiger partial charge >= 0.3 is 0 Å². The van der Waals surface area contributed by atoms with E-state index in [9.17, 15) is 0 Å². The second-order valence-corrected chi connectivity index (χ2v) is 7.05. The van der Waals surface area contributed by atoms with Crippen molar-refractivity contribution >= 4 is 23.1 Å². The van der Waals surface area contributed by atoms with Crippen LogP contribution in [0.5, 0.6) is 0 Å². The predicted octanol–water partition coefficient (Wildman–Crippen LogP) is 4.80. The highest BCUT2D eigenvalue weighted by atomic mass is 32.2. The molecule has 1 unspecified atom stereocenters. The van der Waals surface area contributed by atoms with Crippen molar-refractivity contribution in [2.75, 3.05) is 6.54 Å². The summed E-state index contributed by atoms with van der Waals surface area (Å²) in [6.45, 7) is 7.62. The molecule has 0 spiro atoms. The molecule has 1 atom stereocenters. The van der Waals surface area contributed by atoms with Gasteiger partial charge in [-0.2, -0.15) is 0 Å². The van der Waals surface area contributed by atoms with Crippen molar-refractivity contribution in [3.8, 4) is 0 Å². The molecule has 1 aromatic heterocycles. The number of nitrogens with zero attached hydrogens (tertiary/aromatic N) is 1. The van der Waals surface area contributed by atoms with E-state index < -0.39 is 0 Å². The fourth-order valence-corrected chi connectivity index (χ4v) is 3.89. The van der Waals surface area contributed by atoms with Gasteiger partial charge in [0.1, 0.15) is 5.01 Å². The van der Waals surface area contributed by atoms with Crippen LogP contribution in [0.25, 0.3) is 0 Å². The molecule has 20 heavy (non-hydrogen) atoms. The first kappa shape index (κ1) is 15.5. The number of aromatic nitrogens is 1. The highest BCUT2D eigenvalue weighted by Crippen LogP contribution is 2.29. The van der Waals surface area contributed by atoms with Crippen LogP contribution in [0, 0.1) is 6.92 Å². The zero-order chi connectivity index (χ0) is 14.4. The van der Waals surface area contributed by atoms with Gasteiger partial charge in [0.25, 0.3) is 0 Å². The van der Waals surface area contributed by atoms with E-state index in [1.807, 2.05) is 29.3 Å². The van der Waals surface area contributed by atoms with Crippen LogP contribution in [-0.4, -0.2) is 11.5 Å². The predicted molar refractivity (Wildman–Crippen MR) is 89.6 cm³/mol. The minimum atomic E-state index is 0.407. The summed E-state index contributed by atoms with van der Waals surface area (Å²) in [4.78, 5) is 7.23. The number of nitrogens with one attached hydrogen (secondary N) is 1. The van der Waals surface area contributed by atoms with Crippen molar-refractivity contribution in [2.24, 2.45) is 0 Å². The van der Waals surface area contributed by atoms with Crippen LogP contribution in [0.2, 0.25) is 0 Å². The Morgan fingerprint density at radius 1 is 1.35 bits per heavy atom. The van der Waals surface area contributed by atoms with Gasteiger partial charge in [-0.25, -0.2) is 4.98 Å². The van der Waals surface area contributed by atoms with E-state index in [2.05, 4.69) is 55.3 Å². The number of hydrogen-bond donors (Lipinski definition) is 1. The van der Waals surface area contributed by atoms with Crippen molar-refractivity contribution in [1.29, 1.82) is 0 Å². The average Bonchev–Trinajstić information content (AvgIpc) is 2.93. The molecule has 2 rings (SSSR count). The Bertz CT molecular complexity index is 537. The third-order valence-corrected chi connectivity index (χ3v) is 5.69. The maximum absolute atomic E-state index is 4.55. The minimum Gasteiger partial charge on any atom is -0.309 e. The Hall–Kier alpha value is -0.840. The highest BCUT2D eigenvalue weighted by molar-refractivity contribution is 7.98. The van der Waals surface area contributed by atoms with Crippen molar-refractivity contribution in [3.05, 3.63) is 45.9 Å². The lowest BCUT2D eigenvalue weighted by Crippen LogP contribution is -2.18. The van der Waals surface area contributed by atoms with Crippen LogP contribution in [0.4, 0.5) is 0 Å². The molecule has 1 aromatic carbocycles. The third kappa shape index (κ3) is 4.33. The Labute approximate surface area is 130 Å². The lowest BCUT2D eigenvalue weighted by atomic mass is 10.2. The van der Waals surface area contributed by atoms with E-state index in [1.54, 1.807) is 0 Å². The first-order valence-corrected chi connectivity index (χ1v) is 8.87. The van der Waals surface area contributed by atoms with Crippen LogP contribution in [0.1, 0.15) is 41.8 Å². The Balaban J connectivity index is 1.91. The molecule has 0 fully saturated rings. The first-order valence-electron chi connectivity index (χ1n) is 7.07. The van der Waals surface area contributed by atoms with E-state index in [0.29, 0.717) is 6.04 Å².